The first kappa shape index (κ1) is 18.6. The topological polar surface area (TPSA) is 77.9 Å². The number of aliphatic carboxylic acids is 1. The third kappa shape index (κ3) is 3.69. The Morgan fingerprint density at radius 1 is 1.04 bits per heavy atom. The van der Waals surface area contributed by atoms with Crippen molar-refractivity contribution in [3.05, 3.63) is 65.7 Å². The first-order valence-electron chi connectivity index (χ1n) is 8.78. The summed E-state index contributed by atoms with van der Waals surface area (Å²) in [7, 11) is 1.69. The molecule has 0 spiro atoms. The van der Waals surface area contributed by atoms with Crippen LogP contribution in [0.2, 0.25) is 0 Å². The fourth-order valence-electron chi connectivity index (χ4n) is 3.24. The van der Waals surface area contributed by atoms with Gasteiger partial charge in [-0.05, 0) is 43.7 Å². The number of carbonyl (C=O) groups is 3. The molecule has 0 aliphatic carbocycles. The normalized spacial score (nSPS) is 19.0. The largest absolute Gasteiger partial charge is 0.481 e. The summed E-state index contributed by atoms with van der Waals surface area (Å²) < 4.78 is 0. The number of carboxylic acid groups (broad SMARTS) is 1. The second-order valence-electron chi connectivity index (χ2n) is 7.12. The Morgan fingerprint density at radius 3 is 2.33 bits per heavy atom. The molecule has 0 aromatic heterocycles. The highest BCUT2D eigenvalue weighted by atomic mass is 16.4. The van der Waals surface area contributed by atoms with Crippen LogP contribution in [0.4, 0.5) is 5.69 Å². The highest BCUT2D eigenvalue weighted by Crippen LogP contribution is 2.31. The summed E-state index contributed by atoms with van der Waals surface area (Å²) in [5.74, 6) is -1.36. The van der Waals surface area contributed by atoms with Crippen LogP contribution in [0.25, 0.3) is 0 Å². The Balaban J connectivity index is 1.79. The molecule has 2 aromatic carbocycles. The summed E-state index contributed by atoms with van der Waals surface area (Å²) in [5.41, 5.74) is 0.636. The van der Waals surface area contributed by atoms with Crippen molar-refractivity contribution in [2.75, 3.05) is 25.0 Å². The van der Waals surface area contributed by atoms with Gasteiger partial charge in [-0.15, -0.1) is 0 Å². The number of para-hydroxylation sites is 1. The van der Waals surface area contributed by atoms with E-state index in [2.05, 4.69) is 0 Å². The van der Waals surface area contributed by atoms with Gasteiger partial charge in [-0.1, -0.05) is 24.3 Å². The van der Waals surface area contributed by atoms with E-state index in [9.17, 15) is 19.5 Å². The summed E-state index contributed by atoms with van der Waals surface area (Å²) in [6, 6.07) is 15.8. The first-order chi connectivity index (χ1) is 12.8. The van der Waals surface area contributed by atoms with Crippen molar-refractivity contribution >= 4 is 23.5 Å². The molecule has 1 aliphatic heterocycles. The maximum atomic E-state index is 12.8. The zero-order valence-corrected chi connectivity index (χ0v) is 15.4. The van der Waals surface area contributed by atoms with Crippen LogP contribution in [0.5, 0.6) is 0 Å². The van der Waals surface area contributed by atoms with Gasteiger partial charge in [0.15, 0.2) is 0 Å². The number of amides is 2. The molecular weight excluding hydrogens is 344 g/mol. The van der Waals surface area contributed by atoms with Gasteiger partial charge in [0.1, 0.15) is 0 Å². The van der Waals surface area contributed by atoms with Gasteiger partial charge in [0, 0.05) is 37.0 Å². The average molecular weight is 366 g/mol. The van der Waals surface area contributed by atoms with Gasteiger partial charge < -0.3 is 14.9 Å². The van der Waals surface area contributed by atoms with Gasteiger partial charge in [-0.3, -0.25) is 14.4 Å². The molecule has 1 unspecified atom stereocenters. The van der Waals surface area contributed by atoms with Crippen LogP contribution in [0.1, 0.15) is 34.1 Å². The Kier molecular flexibility index (Phi) is 4.99. The second kappa shape index (κ2) is 7.23. The number of hydrogen-bond donors (Lipinski definition) is 1. The molecule has 1 saturated heterocycles. The number of anilines is 1. The molecule has 27 heavy (non-hydrogen) atoms. The van der Waals surface area contributed by atoms with E-state index in [0.717, 1.165) is 5.69 Å². The molecule has 0 bridgehead atoms. The standard InChI is InChI=1S/C21H22N2O4/c1-21(20(26)27)11-12-23(14-21)19(25)16-8-6-7-15(13-16)18(24)22(2)17-9-4-3-5-10-17/h3-10,13H,11-12,14H2,1-2H3,(H,26,27). The summed E-state index contributed by atoms with van der Waals surface area (Å²) in [5, 5.41) is 9.34. The minimum absolute atomic E-state index is 0.170. The summed E-state index contributed by atoms with van der Waals surface area (Å²) >= 11 is 0. The van der Waals surface area contributed by atoms with Crippen molar-refractivity contribution in [1.29, 1.82) is 0 Å². The van der Waals surface area contributed by atoms with Gasteiger partial charge in [0.25, 0.3) is 11.8 Å². The molecular formula is C21H22N2O4. The van der Waals surface area contributed by atoms with E-state index >= 15 is 0 Å². The molecule has 6 nitrogen and oxygen atoms in total. The molecule has 1 aliphatic rings. The molecule has 2 amide bonds. The molecule has 0 saturated carbocycles. The van der Waals surface area contributed by atoms with E-state index in [-0.39, 0.29) is 18.4 Å². The molecule has 6 heteroatoms. The third-order valence-electron chi connectivity index (χ3n) is 5.08. The molecule has 0 radical (unpaired) electrons. The number of likely N-dealkylation sites (tertiary alicyclic amines) is 1. The van der Waals surface area contributed by atoms with Crippen molar-refractivity contribution < 1.29 is 19.5 Å². The predicted octanol–water partition coefficient (Wildman–Crippen LogP) is 2.90. The van der Waals surface area contributed by atoms with Gasteiger partial charge in [0.05, 0.1) is 5.41 Å². The van der Waals surface area contributed by atoms with Gasteiger partial charge in [-0.2, -0.15) is 0 Å². The van der Waals surface area contributed by atoms with Crippen LogP contribution in [-0.4, -0.2) is 47.9 Å². The van der Waals surface area contributed by atoms with Crippen LogP contribution < -0.4 is 4.90 Å². The van der Waals surface area contributed by atoms with E-state index in [1.165, 1.54) is 4.90 Å². The Morgan fingerprint density at radius 2 is 1.70 bits per heavy atom. The van der Waals surface area contributed by atoms with Crippen molar-refractivity contribution in [3.8, 4) is 0 Å². The van der Waals surface area contributed by atoms with Crippen molar-refractivity contribution in [3.63, 3.8) is 0 Å². The van der Waals surface area contributed by atoms with Crippen LogP contribution in [0, 0.1) is 5.41 Å². The molecule has 1 atom stereocenters. The Bertz CT molecular complexity index is 881. The summed E-state index contributed by atoms with van der Waals surface area (Å²) in [6.45, 7) is 2.21. The molecule has 1 fully saturated rings. The Labute approximate surface area is 158 Å². The van der Waals surface area contributed by atoms with E-state index in [1.807, 2.05) is 30.3 Å². The smallest absolute Gasteiger partial charge is 0.311 e. The van der Waals surface area contributed by atoms with E-state index < -0.39 is 11.4 Å². The van der Waals surface area contributed by atoms with Crippen molar-refractivity contribution in [2.24, 2.45) is 5.41 Å². The SMILES string of the molecule is CN(C(=O)c1cccc(C(=O)N2CCC(C)(C(=O)O)C2)c1)c1ccccc1. The van der Waals surface area contributed by atoms with Crippen LogP contribution in [0.15, 0.2) is 54.6 Å². The lowest BCUT2D eigenvalue weighted by molar-refractivity contribution is -0.147. The minimum atomic E-state index is -0.920. The quantitative estimate of drug-likeness (QED) is 0.902. The maximum absolute atomic E-state index is 12.8. The zero-order valence-electron chi connectivity index (χ0n) is 15.4. The number of hydrogen-bond acceptors (Lipinski definition) is 3. The lowest BCUT2D eigenvalue weighted by Gasteiger charge is -2.21. The number of carboxylic acids is 1. The number of nitrogens with zero attached hydrogens (tertiary/aromatic N) is 2. The van der Waals surface area contributed by atoms with Gasteiger partial charge in [0.2, 0.25) is 0 Å². The lowest BCUT2D eigenvalue weighted by atomic mass is 9.90. The predicted molar refractivity (Wildman–Crippen MR) is 102 cm³/mol. The third-order valence-corrected chi connectivity index (χ3v) is 5.08. The van der Waals surface area contributed by atoms with Crippen LogP contribution >= 0.6 is 0 Å². The molecule has 1 N–H and O–H groups in total. The lowest BCUT2D eigenvalue weighted by Crippen LogP contribution is -2.35. The zero-order chi connectivity index (χ0) is 19.6. The van der Waals surface area contributed by atoms with Crippen LogP contribution in [0.3, 0.4) is 0 Å². The van der Waals surface area contributed by atoms with Crippen molar-refractivity contribution in [1.82, 2.24) is 4.90 Å². The summed E-state index contributed by atoms with van der Waals surface area (Å²) in [4.78, 5) is 40.0. The second-order valence-corrected chi connectivity index (χ2v) is 7.12. The highest BCUT2D eigenvalue weighted by molar-refractivity contribution is 6.07. The number of carbonyl (C=O) groups excluding carboxylic acids is 2. The Hall–Kier alpha value is -3.15. The average Bonchev–Trinajstić information content (AvgIpc) is 3.10. The fourth-order valence-corrected chi connectivity index (χ4v) is 3.24. The molecule has 2 aromatic rings. The van der Waals surface area contributed by atoms with E-state index in [4.69, 9.17) is 0 Å². The first-order valence-corrected chi connectivity index (χ1v) is 8.78. The molecule has 1 heterocycles. The van der Waals surface area contributed by atoms with Crippen molar-refractivity contribution in [2.45, 2.75) is 13.3 Å². The molecule has 3 rings (SSSR count). The monoisotopic (exact) mass is 366 g/mol. The van der Waals surface area contributed by atoms with E-state index in [1.54, 1.807) is 43.1 Å². The van der Waals surface area contributed by atoms with Crippen LogP contribution in [-0.2, 0) is 4.79 Å². The van der Waals surface area contributed by atoms with Gasteiger partial charge in [-0.25, -0.2) is 0 Å². The summed E-state index contributed by atoms with van der Waals surface area (Å²) in [6.07, 6.45) is 0.420. The number of rotatable bonds is 4. The number of benzene rings is 2. The van der Waals surface area contributed by atoms with E-state index in [0.29, 0.717) is 24.1 Å². The minimum Gasteiger partial charge on any atom is -0.481 e. The highest BCUT2D eigenvalue weighted by Gasteiger charge is 2.42. The molecule has 140 valence electrons. The fraction of sp³-hybridized carbons (Fsp3) is 0.286. The van der Waals surface area contributed by atoms with Gasteiger partial charge >= 0.3 is 5.97 Å². The maximum Gasteiger partial charge on any atom is 0.311 e.